The van der Waals surface area contributed by atoms with E-state index in [-0.39, 0.29) is 5.75 Å². The van der Waals surface area contributed by atoms with Crippen LogP contribution >= 0.6 is 11.6 Å². The fraction of sp³-hybridized carbons (Fsp3) is 0.250. The molecule has 1 rings (SSSR count). The molecule has 7 heteroatoms. The van der Waals surface area contributed by atoms with Crippen molar-refractivity contribution < 1.29 is 22.7 Å². The standard InChI is InChI=1S/C12H12ClFO4S/c1-3-7(2)6-19(17,18)8-4-9(12(15)16)11(13)10(14)5-8/h4-5H,2-3,6H2,1H3,(H,15,16). The molecule has 1 N–H and O–H groups in total. The molecule has 0 aliphatic rings. The lowest BCUT2D eigenvalue weighted by Gasteiger charge is -2.08. The van der Waals surface area contributed by atoms with E-state index in [1.165, 1.54) is 0 Å². The number of halogens is 2. The number of hydrogen-bond acceptors (Lipinski definition) is 3. The van der Waals surface area contributed by atoms with E-state index in [2.05, 4.69) is 6.58 Å². The minimum atomic E-state index is -3.83. The third kappa shape index (κ3) is 3.54. The molecule has 0 atom stereocenters. The van der Waals surface area contributed by atoms with Crippen molar-refractivity contribution in [1.29, 1.82) is 0 Å². The Labute approximate surface area is 115 Å². The van der Waals surface area contributed by atoms with Crippen molar-refractivity contribution in [2.75, 3.05) is 5.75 Å². The molecule has 0 heterocycles. The Hall–Kier alpha value is -1.40. The molecule has 19 heavy (non-hydrogen) atoms. The van der Waals surface area contributed by atoms with Gasteiger partial charge in [-0.25, -0.2) is 17.6 Å². The van der Waals surface area contributed by atoms with E-state index in [4.69, 9.17) is 16.7 Å². The van der Waals surface area contributed by atoms with Gasteiger partial charge in [0.05, 0.1) is 21.2 Å². The second-order valence-corrected chi connectivity index (χ2v) is 6.30. The summed E-state index contributed by atoms with van der Waals surface area (Å²) in [6.07, 6.45) is 0.459. The fourth-order valence-electron chi connectivity index (χ4n) is 1.35. The van der Waals surface area contributed by atoms with Gasteiger partial charge in [0.1, 0.15) is 5.82 Å². The minimum absolute atomic E-state index is 0.358. The maximum absolute atomic E-state index is 13.5. The van der Waals surface area contributed by atoms with Crippen LogP contribution in [0.2, 0.25) is 5.02 Å². The SMILES string of the molecule is C=C(CC)CS(=O)(=O)c1cc(F)c(Cl)c(C(=O)O)c1. The van der Waals surface area contributed by atoms with Crippen LogP contribution in [0.15, 0.2) is 29.2 Å². The number of benzene rings is 1. The Balaban J connectivity index is 3.36. The lowest BCUT2D eigenvalue weighted by molar-refractivity contribution is 0.0696. The van der Waals surface area contributed by atoms with Gasteiger partial charge in [-0.15, -0.1) is 0 Å². The molecule has 1 aromatic carbocycles. The second-order valence-electron chi connectivity index (χ2n) is 3.93. The van der Waals surface area contributed by atoms with Crippen molar-refractivity contribution in [1.82, 2.24) is 0 Å². The summed E-state index contributed by atoms with van der Waals surface area (Å²) in [5.74, 6) is -2.93. The number of hydrogen-bond donors (Lipinski definition) is 1. The molecular weight excluding hydrogens is 295 g/mol. The monoisotopic (exact) mass is 306 g/mol. The van der Waals surface area contributed by atoms with Gasteiger partial charge in [-0.05, 0) is 18.6 Å². The molecule has 0 spiro atoms. The summed E-state index contributed by atoms with van der Waals surface area (Å²) in [6, 6.07) is 1.57. The van der Waals surface area contributed by atoms with Gasteiger partial charge in [0.25, 0.3) is 0 Å². The molecule has 1 aromatic rings. The van der Waals surface area contributed by atoms with E-state index in [9.17, 15) is 17.6 Å². The second kappa shape index (κ2) is 5.71. The predicted octanol–water partition coefficient (Wildman–Crippen LogP) is 2.92. The molecule has 0 aliphatic heterocycles. The van der Waals surface area contributed by atoms with E-state index in [0.29, 0.717) is 18.1 Å². The van der Waals surface area contributed by atoms with Gasteiger partial charge in [-0.1, -0.05) is 30.7 Å². The maximum Gasteiger partial charge on any atom is 0.337 e. The lowest BCUT2D eigenvalue weighted by atomic mass is 10.2. The topological polar surface area (TPSA) is 71.4 Å². The zero-order valence-corrected chi connectivity index (χ0v) is 11.7. The first-order chi connectivity index (χ1) is 8.69. The third-order valence-electron chi connectivity index (χ3n) is 2.49. The van der Waals surface area contributed by atoms with E-state index in [1.807, 2.05) is 0 Å². The van der Waals surface area contributed by atoms with Crippen molar-refractivity contribution in [2.45, 2.75) is 18.2 Å². The van der Waals surface area contributed by atoms with Gasteiger partial charge in [0, 0.05) is 0 Å². The van der Waals surface area contributed by atoms with Gasteiger partial charge in [-0.3, -0.25) is 0 Å². The number of carboxylic acid groups (broad SMARTS) is 1. The van der Waals surface area contributed by atoms with Crippen molar-refractivity contribution in [3.05, 3.63) is 40.7 Å². The molecule has 0 saturated heterocycles. The summed E-state index contributed by atoms with van der Waals surface area (Å²) in [7, 11) is -3.83. The summed E-state index contributed by atoms with van der Waals surface area (Å²) < 4.78 is 37.4. The van der Waals surface area contributed by atoms with Crippen LogP contribution in [0.3, 0.4) is 0 Å². The van der Waals surface area contributed by atoms with E-state index >= 15 is 0 Å². The Morgan fingerprint density at radius 3 is 2.53 bits per heavy atom. The Kier molecular flexibility index (Phi) is 4.70. The molecule has 0 fully saturated rings. The normalized spacial score (nSPS) is 11.3. The van der Waals surface area contributed by atoms with Gasteiger partial charge in [0.2, 0.25) is 0 Å². The highest BCUT2D eigenvalue weighted by molar-refractivity contribution is 7.91. The average Bonchev–Trinajstić information content (AvgIpc) is 2.31. The number of aromatic carboxylic acids is 1. The van der Waals surface area contributed by atoms with Gasteiger partial charge >= 0.3 is 5.97 Å². The highest BCUT2D eigenvalue weighted by atomic mass is 35.5. The summed E-state index contributed by atoms with van der Waals surface area (Å²) in [5.41, 5.74) is -0.130. The zero-order valence-electron chi connectivity index (χ0n) is 10.1. The van der Waals surface area contributed by atoms with Crippen molar-refractivity contribution in [3.8, 4) is 0 Å². The van der Waals surface area contributed by atoms with Gasteiger partial charge in [0.15, 0.2) is 9.84 Å². The number of rotatable bonds is 5. The van der Waals surface area contributed by atoms with Crippen LogP contribution in [0.4, 0.5) is 4.39 Å². The number of carboxylic acids is 1. The van der Waals surface area contributed by atoms with Gasteiger partial charge in [-0.2, -0.15) is 0 Å². The molecule has 0 unspecified atom stereocenters. The molecule has 0 bridgehead atoms. The van der Waals surface area contributed by atoms with Gasteiger partial charge < -0.3 is 5.11 Å². The van der Waals surface area contributed by atoms with Crippen molar-refractivity contribution in [3.63, 3.8) is 0 Å². The molecule has 0 aliphatic carbocycles. The molecular formula is C12H12ClFO4S. The van der Waals surface area contributed by atoms with Crippen LogP contribution in [-0.4, -0.2) is 25.2 Å². The van der Waals surface area contributed by atoms with E-state index < -0.39 is 37.1 Å². The average molecular weight is 307 g/mol. The zero-order chi connectivity index (χ0) is 14.8. The summed E-state index contributed by atoms with van der Waals surface area (Å²) in [5, 5.41) is 8.23. The lowest BCUT2D eigenvalue weighted by Crippen LogP contribution is -2.11. The third-order valence-corrected chi connectivity index (χ3v) is 4.61. The predicted molar refractivity (Wildman–Crippen MR) is 69.9 cm³/mol. The van der Waals surface area contributed by atoms with Crippen LogP contribution in [0.25, 0.3) is 0 Å². The van der Waals surface area contributed by atoms with Crippen LogP contribution in [-0.2, 0) is 9.84 Å². The first-order valence-electron chi connectivity index (χ1n) is 5.30. The fourth-order valence-corrected chi connectivity index (χ4v) is 3.03. The van der Waals surface area contributed by atoms with E-state index in [0.717, 1.165) is 6.07 Å². The van der Waals surface area contributed by atoms with Crippen LogP contribution in [0.5, 0.6) is 0 Å². The molecule has 4 nitrogen and oxygen atoms in total. The smallest absolute Gasteiger partial charge is 0.337 e. The quantitative estimate of drug-likeness (QED) is 0.849. The molecule has 0 aromatic heterocycles. The first-order valence-corrected chi connectivity index (χ1v) is 7.33. The largest absolute Gasteiger partial charge is 0.478 e. The highest BCUT2D eigenvalue weighted by Crippen LogP contribution is 2.25. The van der Waals surface area contributed by atoms with Crippen LogP contribution < -0.4 is 0 Å². The first kappa shape index (κ1) is 15.7. The maximum atomic E-state index is 13.5. The van der Waals surface area contributed by atoms with Crippen LogP contribution in [0.1, 0.15) is 23.7 Å². The summed E-state index contributed by atoms with van der Waals surface area (Å²) in [4.78, 5) is 10.5. The molecule has 104 valence electrons. The number of carbonyl (C=O) groups is 1. The van der Waals surface area contributed by atoms with Crippen LogP contribution in [0, 0.1) is 5.82 Å². The Bertz CT molecular complexity index is 637. The highest BCUT2D eigenvalue weighted by Gasteiger charge is 2.22. The Morgan fingerprint density at radius 1 is 1.47 bits per heavy atom. The van der Waals surface area contributed by atoms with E-state index in [1.54, 1.807) is 6.92 Å². The molecule has 0 radical (unpaired) electrons. The van der Waals surface area contributed by atoms with Crippen molar-refractivity contribution in [2.24, 2.45) is 0 Å². The molecule has 0 amide bonds. The number of sulfone groups is 1. The summed E-state index contributed by atoms with van der Waals surface area (Å²) in [6.45, 7) is 5.31. The van der Waals surface area contributed by atoms with Crippen molar-refractivity contribution >= 4 is 27.4 Å². The molecule has 0 saturated carbocycles. The minimum Gasteiger partial charge on any atom is -0.478 e. The Morgan fingerprint density at radius 2 is 2.05 bits per heavy atom. The summed E-state index contributed by atoms with van der Waals surface area (Å²) >= 11 is 5.48.